The molecule has 13 nitrogen and oxygen atoms in total. The number of methoxy groups -OCH3 is 1. The molecule has 1 unspecified atom stereocenters. The topological polar surface area (TPSA) is 167 Å². The Kier molecular flexibility index (Phi) is 10.6. The lowest BCUT2D eigenvalue weighted by atomic mass is 9.93. The number of carbonyl (C=O) groups is 3. The summed E-state index contributed by atoms with van der Waals surface area (Å²) in [6, 6.07) is 19.7. The molecule has 2 aromatic heterocycles. The molecule has 2 aliphatic heterocycles. The van der Waals surface area contributed by atoms with Crippen LogP contribution in [0.1, 0.15) is 70.7 Å². The van der Waals surface area contributed by atoms with E-state index in [-0.39, 0.29) is 29.7 Å². The van der Waals surface area contributed by atoms with E-state index in [1.165, 1.54) is 14.0 Å². The van der Waals surface area contributed by atoms with Crippen LogP contribution in [0.2, 0.25) is 0 Å². The molecule has 5 aromatic rings. The summed E-state index contributed by atoms with van der Waals surface area (Å²) >= 11 is 0. The van der Waals surface area contributed by atoms with E-state index in [0.717, 1.165) is 71.4 Å². The molecule has 0 radical (unpaired) electrons. The third kappa shape index (κ3) is 7.48. The van der Waals surface area contributed by atoms with Crippen LogP contribution in [0.5, 0.6) is 0 Å². The standard InChI is InChI=1S/C41H44N8O5/c1-24-30(8-5-10-32(24)40-46-35-19-27(18-29(21-42)38(35)54-40)22-48-17-13-28(23-48)41(52)53-4)31-9-6-11-33(25(31)2)45-39(51)36-20-37-34(12-7-16-49(37)47-36)44-15-14-43-26(3)50/h5-6,8-11,18-20,28,34,44H,7,12-17,22-23H2,1-4H3,(H,43,50)(H,45,51)/t28-,34?/m1/s1. The van der Waals surface area contributed by atoms with Gasteiger partial charge in [-0.25, -0.2) is 4.98 Å². The fraction of sp³-hybridized carbons (Fsp3) is 0.366. The number of rotatable bonds is 11. The molecule has 2 atom stereocenters. The van der Waals surface area contributed by atoms with Crippen molar-refractivity contribution in [2.45, 2.75) is 59.2 Å². The first-order chi connectivity index (χ1) is 26.1. The number of carbonyl (C=O) groups excluding carboxylic acids is 3. The number of amides is 2. The quantitative estimate of drug-likeness (QED) is 0.114. The van der Waals surface area contributed by atoms with Gasteiger partial charge in [0.15, 0.2) is 11.3 Å². The van der Waals surface area contributed by atoms with E-state index in [1.807, 2.05) is 73.1 Å². The summed E-state index contributed by atoms with van der Waals surface area (Å²) in [5.41, 5.74) is 8.92. The highest BCUT2D eigenvalue weighted by atomic mass is 16.5. The average Bonchev–Trinajstić information content (AvgIpc) is 3.93. The Morgan fingerprint density at radius 1 is 1.00 bits per heavy atom. The van der Waals surface area contributed by atoms with Gasteiger partial charge >= 0.3 is 5.97 Å². The van der Waals surface area contributed by atoms with Crippen LogP contribution in [-0.4, -0.2) is 70.7 Å². The van der Waals surface area contributed by atoms with Crippen molar-refractivity contribution in [1.29, 1.82) is 5.26 Å². The Balaban J connectivity index is 1.10. The van der Waals surface area contributed by atoms with Gasteiger partial charge < -0.3 is 25.1 Å². The number of oxazole rings is 1. The summed E-state index contributed by atoms with van der Waals surface area (Å²) in [5.74, 6) is -0.267. The van der Waals surface area contributed by atoms with Gasteiger partial charge in [-0.2, -0.15) is 10.4 Å². The maximum absolute atomic E-state index is 13.6. The highest BCUT2D eigenvalue weighted by molar-refractivity contribution is 6.04. The number of benzene rings is 3. The minimum absolute atomic E-state index is 0.0500. The van der Waals surface area contributed by atoms with Crippen LogP contribution < -0.4 is 16.0 Å². The third-order valence-electron chi connectivity index (χ3n) is 10.5. The van der Waals surface area contributed by atoms with Crippen LogP contribution >= 0.6 is 0 Å². The first-order valence-corrected chi connectivity index (χ1v) is 18.3. The molecule has 54 heavy (non-hydrogen) atoms. The lowest BCUT2D eigenvalue weighted by molar-refractivity contribution is -0.145. The molecule has 0 bridgehead atoms. The summed E-state index contributed by atoms with van der Waals surface area (Å²) < 4.78 is 13.1. The number of fused-ring (bicyclic) bond motifs is 2. The van der Waals surface area contributed by atoms with Crippen LogP contribution in [0, 0.1) is 31.1 Å². The van der Waals surface area contributed by atoms with Crippen LogP contribution in [0.15, 0.2) is 59.0 Å². The summed E-state index contributed by atoms with van der Waals surface area (Å²) in [7, 11) is 1.42. The van der Waals surface area contributed by atoms with E-state index < -0.39 is 0 Å². The zero-order chi connectivity index (χ0) is 37.9. The van der Waals surface area contributed by atoms with Gasteiger partial charge in [-0.1, -0.05) is 24.3 Å². The largest absolute Gasteiger partial charge is 0.469 e. The van der Waals surface area contributed by atoms with Gasteiger partial charge in [0.1, 0.15) is 11.6 Å². The Morgan fingerprint density at radius 3 is 2.56 bits per heavy atom. The monoisotopic (exact) mass is 728 g/mol. The number of esters is 1. The number of likely N-dealkylation sites (tertiary alicyclic amines) is 1. The molecule has 0 aliphatic carbocycles. The van der Waals surface area contributed by atoms with Crippen molar-refractivity contribution in [2.24, 2.45) is 5.92 Å². The van der Waals surface area contributed by atoms with Crippen molar-refractivity contribution in [3.63, 3.8) is 0 Å². The van der Waals surface area contributed by atoms with Crippen molar-refractivity contribution in [3.8, 4) is 28.7 Å². The molecular formula is C41H44N8O5. The number of anilines is 1. The molecular weight excluding hydrogens is 685 g/mol. The molecule has 7 rings (SSSR count). The van der Waals surface area contributed by atoms with Crippen molar-refractivity contribution < 1.29 is 23.5 Å². The Labute approximate surface area is 313 Å². The molecule has 3 N–H and O–H groups in total. The smallest absolute Gasteiger partial charge is 0.310 e. The van der Waals surface area contributed by atoms with Crippen molar-refractivity contribution in [2.75, 3.05) is 38.6 Å². The number of ether oxygens (including phenoxy) is 1. The SMILES string of the molecule is COC(=O)[C@@H]1CCN(Cc2cc(C#N)c3oc(-c4cccc(-c5cccc(NC(=O)c6cc7n(n6)CCCC7NCCNC(C)=O)c5C)c4C)nc3c2)C1. The first-order valence-electron chi connectivity index (χ1n) is 18.3. The normalized spacial score (nSPS) is 16.9. The van der Waals surface area contributed by atoms with Crippen LogP contribution in [0.3, 0.4) is 0 Å². The number of hydrogen-bond acceptors (Lipinski definition) is 10. The van der Waals surface area contributed by atoms with Gasteiger partial charge in [0, 0.05) is 56.9 Å². The van der Waals surface area contributed by atoms with E-state index in [9.17, 15) is 19.6 Å². The van der Waals surface area contributed by atoms with Crippen molar-refractivity contribution >= 4 is 34.6 Å². The number of nitrogens with one attached hydrogen (secondary N) is 3. The maximum atomic E-state index is 13.6. The Bertz CT molecular complexity index is 2280. The molecule has 3 aromatic carbocycles. The van der Waals surface area contributed by atoms with Crippen LogP contribution in [0.25, 0.3) is 33.7 Å². The van der Waals surface area contributed by atoms with Gasteiger partial charge in [-0.3, -0.25) is 24.0 Å². The van der Waals surface area contributed by atoms with Gasteiger partial charge in [-0.15, -0.1) is 0 Å². The minimum atomic E-state index is -0.285. The predicted molar refractivity (Wildman–Crippen MR) is 203 cm³/mol. The molecule has 1 fully saturated rings. The Hall–Kier alpha value is -5.84. The van der Waals surface area contributed by atoms with Gasteiger partial charge in [0.05, 0.1) is 24.3 Å². The van der Waals surface area contributed by atoms with E-state index in [2.05, 4.69) is 32.0 Å². The number of nitrogens with zero attached hydrogens (tertiary/aromatic N) is 5. The number of aryl methyl sites for hydroxylation is 1. The van der Waals surface area contributed by atoms with Crippen molar-refractivity contribution in [1.82, 2.24) is 30.3 Å². The van der Waals surface area contributed by atoms with E-state index >= 15 is 0 Å². The molecule has 13 heteroatoms. The number of hydrogen-bond donors (Lipinski definition) is 3. The van der Waals surface area contributed by atoms with E-state index in [0.29, 0.717) is 60.1 Å². The molecule has 1 saturated heterocycles. The second-order valence-electron chi connectivity index (χ2n) is 14.1. The molecule has 0 saturated carbocycles. The molecule has 278 valence electrons. The van der Waals surface area contributed by atoms with Gasteiger partial charge in [-0.05, 0) is 97.8 Å². The van der Waals surface area contributed by atoms with Crippen LogP contribution in [0.4, 0.5) is 5.69 Å². The summed E-state index contributed by atoms with van der Waals surface area (Å²) in [6.45, 7) is 9.37. The van der Waals surface area contributed by atoms with E-state index in [4.69, 9.17) is 14.1 Å². The third-order valence-corrected chi connectivity index (χ3v) is 10.5. The zero-order valence-corrected chi connectivity index (χ0v) is 31.0. The van der Waals surface area contributed by atoms with E-state index in [1.54, 1.807) is 0 Å². The fourth-order valence-electron chi connectivity index (χ4n) is 7.67. The average molecular weight is 729 g/mol. The number of aromatic nitrogens is 3. The lowest BCUT2D eigenvalue weighted by Crippen LogP contribution is -2.34. The second-order valence-corrected chi connectivity index (χ2v) is 14.1. The highest BCUT2D eigenvalue weighted by Crippen LogP contribution is 2.37. The maximum Gasteiger partial charge on any atom is 0.310 e. The lowest BCUT2D eigenvalue weighted by Gasteiger charge is -2.24. The molecule has 0 spiro atoms. The summed E-state index contributed by atoms with van der Waals surface area (Å²) in [4.78, 5) is 43.9. The summed E-state index contributed by atoms with van der Waals surface area (Å²) in [5, 5.41) is 24.0. The van der Waals surface area contributed by atoms with Gasteiger partial charge in [0.25, 0.3) is 5.91 Å². The molecule has 2 amide bonds. The van der Waals surface area contributed by atoms with Crippen molar-refractivity contribution in [3.05, 3.63) is 88.2 Å². The highest BCUT2D eigenvalue weighted by Gasteiger charge is 2.29. The summed E-state index contributed by atoms with van der Waals surface area (Å²) in [6.07, 6.45) is 2.61. The Morgan fingerprint density at radius 2 is 1.78 bits per heavy atom. The number of nitriles is 1. The zero-order valence-electron chi connectivity index (χ0n) is 31.0. The molecule has 2 aliphatic rings. The predicted octanol–water partition coefficient (Wildman–Crippen LogP) is 5.65. The minimum Gasteiger partial charge on any atom is -0.469 e. The fourth-order valence-corrected chi connectivity index (χ4v) is 7.67. The first kappa shape index (κ1) is 36.5. The van der Waals surface area contributed by atoms with Crippen LogP contribution in [-0.2, 0) is 27.4 Å². The van der Waals surface area contributed by atoms with Gasteiger partial charge in [0.2, 0.25) is 11.8 Å². The molecule has 4 heterocycles. The second kappa shape index (κ2) is 15.6.